The van der Waals surface area contributed by atoms with Crippen LogP contribution >= 0.6 is 0 Å². The summed E-state index contributed by atoms with van der Waals surface area (Å²) >= 11 is 0. The van der Waals surface area contributed by atoms with Crippen LogP contribution in [0.4, 0.5) is 4.39 Å². The summed E-state index contributed by atoms with van der Waals surface area (Å²) in [6, 6.07) is 4.26. The Morgan fingerprint density at radius 3 is 2.55 bits per heavy atom. The molecule has 0 bridgehead atoms. The summed E-state index contributed by atoms with van der Waals surface area (Å²) in [5, 5.41) is 0. The number of pyridine rings is 1. The van der Waals surface area contributed by atoms with Crippen LogP contribution in [0.15, 0.2) is 12.3 Å². The van der Waals surface area contributed by atoms with Crippen molar-refractivity contribution >= 4 is 0 Å². The minimum atomic E-state index is -0.428. The molecular weight excluding hydrogens is 218 g/mol. The summed E-state index contributed by atoms with van der Waals surface area (Å²) in [6.45, 7) is 3.98. The van der Waals surface area contributed by atoms with E-state index in [1.807, 2.05) is 13.8 Å². The molecular formula is C8H9FNY-. The number of rotatable bonds is 1. The third kappa shape index (κ3) is 3.39. The van der Waals surface area contributed by atoms with E-state index in [2.05, 4.69) is 11.1 Å². The molecule has 0 aliphatic carbocycles. The molecule has 0 spiro atoms. The summed E-state index contributed by atoms with van der Waals surface area (Å²) in [4.78, 5) is 3.40. The molecule has 0 saturated heterocycles. The number of nitrogens with zero attached hydrogens (tertiary/aromatic N) is 1. The zero-order chi connectivity index (χ0) is 7.56. The first-order valence-electron chi connectivity index (χ1n) is 3.23. The van der Waals surface area contributed by atoms with E-state index in [0.29, 0.717) is 5.92 Å². The van der Waals surface area contributed by atoms with Crippen LogP contribution in [-0.2, 0) is 32.7 Å². The van der Waals surface area contributed by atoms with Crippen molar-refractivity contribution in [3.05, 3.63) is 29.8 Å². The minimum Gasteiger partial charge on any atom is -0.266 e. The largest absolute Gasteiger partial charge is 0.266 e. The quantitative estimate of drug-likeness (QED) is 0.529. The summed E-state index contributed by atoms with van der Waals surface area (Å²) in [5.74, 6) is -0.111. The van der Waals surface area contributed by atoms with Crippen molar-refractivity contribution in [2.45, 2.75) is 19.8 Å². The van der Waals surface area contributed by atoms with Crippen LogP contribution in [-0.4, -0.2) is 4.98 Å². The van der Waals surface area contributed by atoms with Crippen molar-refractivity contribution in [3.63, 3.8) is 0 Å². The van der Waals surface area contributed by atoms with Crippen LogP contribution < -0.4 is 0 Å². The van der Waals surface area contributed by atoms with Gasteiger partial charge in [0.25, 0.3) is 0 Å². The first-order chi connectivity index (χ1) is 4.70. The first-order valence-corrected chi connectivity index (χ1v) is 3.23. The van der Waals surface area contributed by atoms with Gasteiger partial charge in [0, 0.05) is 32.7 Å². The van der Waals surface area contributed by atoms with Crippen molar-refractivity contribution in [1.82, 2.24) is 4.98 Å². The minimum absolute atomic E-state index is 0. The monoisotopic (exact) mass is 227 g/mol. The fraction of sp³-hybridized carbons (Fsp3) is 0.375. The second-order valence-electron chi connectivity index (χ2n) is 2.48. The van der Waals surface area contributed by atoms with Gasteiger partial charge in [-0.05, 0) is 0 Å². The van der Waals surface area contributed by atoms with Gasteiger partial charge in [-0.2, -0.15) is 6.07 Å². The zero-order valence-corrected chi connectivity index (χ0v) is 9.47. The smallest absolute Gasteiger partial charge is 0.130 e. The molecule has 0 amide bonds. The van der Waals surface area contributed by atoms with Gasteiger partial charge >= 0.3 is 0 Å². The summed E-state index contributed by atoms with van der Waals surface area (Å²) in [6.07, 6.45) is 1.37. The molecule has 0 fully saturated rings. The van der Waals surface area contributed by atoms with Crippen molar-refractivity contribution in [2.75, 3.05) is 0 Å². The third-order valence-electron chi connectivity index (χ3n) is 1.32. The Bertz CT molecular complexity index is 225. The van der Waals surface area contributed by atoms with E-state index in [4.69, 9.17) is 0 Å². The summed E-state index contributed by atoms with van der Waals surface area (Å²) < 4.78 is 12.4. The SMILES string of the molecule is CC(C)c1[c-]cnc(F)c1.[Y]. The Kier molecular flexibility index (Phi) is 5.02. The fourth-order valence-electron chi connectivity index (χ4n) is 0.709. The van der Waals surface area contributed by atoms with Gasteiger partial charge in [0.1, 0.15) is 5.95 Å². The Labute approximate surface area is 91.3 Å². The Morgan fingerprint density at radius 2 is 2.18 bits per heavy atom. The number of hydrogen-bond donors (Lipinski definition) is 0. The number of aromatic nitrogens is 1. The van der Waals surface area contributed by atoms with Gasteiger partial charge in [0.05, 0.1) is 0 Å². The van der Waals surface area contributed by atoms with E-state index in [0.717, 1.165) is 5.56 Å². The molecule has 1 nitrogen and oxygen atoms in total. The molecule has 0 atom stereocenters. The number of halogens is 1. The van der Waals surface area contributed by atoms with Crippen LogP contribution in [0.5, 0.6) is 0 Å². The van der Waals surface area contributed by atoms with Crippen LogP contribution in [0, 0.1) is 12.0 Å². The van der Waals surface area contributed by atoms with Gasteiger partial charge in [-0.1, -0.05) is 26.0 Å². The third-order valence-corrected chi connectivity index (χ3v) is 1.32. The van der Waals surface area contributed by atoms with Gasteiger partial charge in [0.15, 0.2) is 0 Å². The normalized spacial score (nSPS) is 9.45. The molecule has 57 valence electrons. The summed E-state index contributed by atoms with van der Waals surface area (Å²) in [7, 11) is 0. The Morgan fingerprint density at radius 1 is 1.55 bits per heavy atom. The summed E-state index contributed by atoms with van der Waals surface area (Å²) in [5.41, 5.74) is 0.868. The molecule has 1 aromatic rings. The van der Waals surface area contributed by atoms with Crippen LogP contribution in [0.1, 0.15) is 25.3 Å². The average molecular weight is 227 g/mol. The maximum Gasteiger partial charge on any atom is 0.130 e. The molecule has 1 radical (unpaired) electrons. The molecule has 0 N–H and O–H groups in total. The predicted molar refractivity (Wildman–Crippen MR) is 37.1 cm³/mol. The topological polar surface area (TPSA) is 12.9 Å². The Balaban J connectivity index is 0.000001000. The van der Waals surface area contributed by atoms with E-state index >= 15 is 0 Å². The van der Waals surface area contributed by atoms with E-state index in [-0.39, 0.29) is 32.7 Å². The van der Waals surface area contributed by atoms with E-state index in [1.165, 1.54) is 12.3 Å². The molecule has 0 unspecified atom stereocenters. The van der Waals surface area contributed by atoms with Gasteiger partial charge in [-0.25, -0.2) is 16.0 Å². The molecule has 1 heterocycles. The fourth-order valence-corrected chi connectivity index (χ4v) is 0.709. The molecule has 0 aliphatic rings. The Hall–Kier alpha value is 0.184. The van der Waals surface area contributed by atoms with Gasteiger partial charge in [0.2, 0.25) is 0 Å². The van der Waals surface area contributed by atoms with Gasteiger partial charge in [-0.3, -0.25) is 4.98 Å². The molecule has 0 aromatic carbocycles. The van der Waals surface area contributed by atoms with Crippen molar-refractivity contribution in [1.29, 1.82) is 0 Å². The second-order valence-corrected chi connectivity index (χ2v) is 2.48. The van der Waals surface area contributed by atoms with Crippen LogP contribution in [0.25, 0.3) is 0 Å². The second kappa shape index (κ2) is 4.94. The van der Waals surface area contributed by atoms with Crippen molar-refractivity contribution < 1.29 is 37.1 Å². The maximum absolute atomic E-state index is 12.4. The van der Waals surface area contributed by atoms with E-state index in [1.54, 1.807) is 0 Å². The van der Waals surface area contributed by atoms with Crippen molar-refractivity contribution in [2.24, 2.45) is 0 Å². The van der Waals surface area contributed by atoms with Crippen LogP contribution in [0.3, 0.4) is 0 Å². The van der Waals surface area contributed by atoms with Crippen molar-refractivity contribution in [3.8, 4) is 0 Å². The maximum atomic E-state index is 12.4. The van der Waals surface area contributed by atoms with Crippen LogP contribution in [0.2, 0.25) is 0 Å². The molecule has 0 saturated carbocycles. The molecule has 1 aromatic heterocycles. The van der Waals surface area contributed by atoms with E-state index < -0.39 is 5.95 Å². The molecule has 11 heavy (non-hydrogen) atoms. The van der Waals surface area contributed by atoms with E-state index in [9.17, 15) is 4.39 Å². The van der Waals surface area contributed by atoms with Gasteiger partial charge in [-0.15, -0.1) is 0 Å². The molecule has 1 rings (SSSR count). The molecule has 0 aliphatic heterocycles. The number of hydrogen-bond acceptors (Lipinski definition) is 1. The van der Waals surface area contributed by atoms with Gasteiger partial charge < -0.3 is 0 Å². The molecule has 3 heteroatoms. The average Bonchev–Trinajstić information content (AvgIpc) is 1.88. The standard InChI is InChI=1S/C8H9FN.Y/c1-6(2)7-3-4-10-8(9)5-7;/h4-6H,1-2H3;/q-1;. The predicted octanol–water partition coefficient (Wildman–Crippen LogP) is 2.14. The first kappa shape index (κ1) is 11.2. The zero-order valence-electron chi connectivity index (χ0n) is 6.63.